The second-order valence-corrected chi connectivity index (χ2v) is 11.6. The van der Waals surface area contributed by atoms with E-state index in [0.29, 0.717) is 24.8 Å². The molecule has 3 fully saturated rings. The molecule has 32 heavy (non-hydrogen) atoms. The number of carbonyl (C=O) groups excluding carboxylic acids is 2. The SMILES string of the molecule is C[C@@H]1CC2C3CCC4=CC(=O)C=CC4(C)[C@@]3(F)[C@@H](O)CC2(C)[C@@]1(O)C(=O)COP(=O)(O)O. The molecule has 0 spiro atoms. The number of hydrogen-bond acceptors (Lipinski definition) is 6. The number of hydrogen-bond donors (Lipinski definition) is 4. The lowest BCUT2D eigenvalue weighted by molar-refractivity contribution is -0.219. The fraction of sp³-hybridized carbons (Fsp3) is 0.727. The number of phosphoric acid groups is 1. The Bertz CT molecular complexity index is 973. The van der Waals surface area contributed by atoms with E-state index >= 15 is 4.39 Å². The molecule has 10 heteroatoms. The van der Waals surface area contributed by atoms with E-state index in [1.54, 1.807) is 20.8 Å². The summed E-state index contributed by atoms with van der Waals surface area (Å²) in [6.45, 7) is 4.00. The van der Waals surface area contributed by atoms with Crippen LogP contribution in [0.15, 0.2) is 23.8 Å². The number of fused-ring (bicyclic) bond motifs is 5. The van der Waals surface area contributed by atoms with Crippen molar-refractivity contribution in [1.82, 2.24) is 0 Å². The number of alkyl halides is 1. The predicted molar refractivity (Wildman–Crippen MR) is 111 cm³/mol. The minimum atomic E-state index is -4.93. The number of aliphatic hydroxyl groups excluding tert-OH is 1. The molecule has 0 amide bonds. The molecule has 0 heterocycles. The van der Waals surface area contributed by atoms with E-state index in [0.717, 1.165) is 0 Å². The van der Waals surface area contributed by atoms with E-state index < -0.39 is 66.2 Å². The zero-order valence-corrected chi connectivity index (χ0v) is 19.2. The number of phosphoric ester groups is 1. The number of halogens is 1. The Balaban J connectivity index is 1.74. The summed E-state index contributed by atoms with van der Waals surface area (Å²) in [4.78, 5) is 42.8. The van der Waals surface area contributed by atoms with Gasteiger partial charge >= 0.3 is 7.82 Å². The third-order valence-corrected chi connectivity index (χ3v) is 9.48. The van der Waals surface area contributed by atoms with Crippen molar-refractivity contribution in [3.8, 4) is 0 Å². The molecule has 4 rings (SSSR count). The average Bonchev–Trinajstić information content (AvgIpc) is 2.89. The van der Waals surface area contributed by atoms with E-state index in [2.05, 4.69) is 4.52 Å². The minimum Gasteiger partial charge on any atom is -0.390 e. The van der Waals surface area contributed by atoms with Gasteiger partial charge in [-0.3, -0.25) is 14.1 Å². The van der Waals surface area contributed by atoms with Crippen LogP contribution < -0.4 is 0 Å². The summed E-state index contributed by atoms with van der Waals surface area (Å²) in [5, 5.41) is 22.8. The molecule has 0 radical (unpaired) electrons. The van der Waals surface area contributed by atoms with Gasteiger partial charge in [0.1, 0.15) is 12.2 Å². The quantitative estimate of drug-likeness (QED) is 0.456. The summed E-state index contributed by atoms with van der Waals surface area (Å²) < 4.78 is 32.5. The van der Waals surface area contributed by atoms with Gasteiger partial charge < -0.3 is 20.0 Å². The van der Waals surface area contributed by atoms with Crippen LogP contribution in [-0.4, -0.2) is 55.5 Å². The van der Waals surface area contributed by atoms with E-state index in [1.165, 1.54) is 18.2 Å². The molecule has 0 bridgehead atoms. The van der Waals surface area contributed by atoms with Crippen molar-refractivity contribution >= 4 is 19.4 Å². The van der Waals surface area contributed by atoms with Crippen molar-refractivity contribution in [3.63, 3.8) is 0 Å². The molecule has 4 N–H and O–H groups in total. The van der Waals surface area contributed by atoms with Gasteiger partial charge in [0.15, 0.2) is 17.2 Å². The molecule has 0 aliphatic heterocycles. The van der Waals surface area contributed by atoms with Gasteiger partial charge in [-0.2, -0.15) is 0 Å². The summed E-state index contributed by atoms with van der Waals surface area (Å²) in [5.41, 5.74) is -5.88. The Morgan fingerprint density at radius 1 is 1.31 bits per heavy atom. The van der Waals surface area contributed by atoms with Gasteiger partial charge in [0.2, 0.25) is 0 Å². The maximum atomic E-state index is 17.0. The Labute approximate surface area is 185 Å². The van der Waals surface area contributed by atoms with Crippen molar-refractivity contribution in [2.24, 2.45) is 28.6 Å². The van der Waals surface area contributed by atoms with E-state index in [-0.39, 0.29) is 12.2 Å². The van der Waals surface area contributed by atoms with Gasteiger partial charge in [-0.25, -0.2) is 8.96 Å². The summed E-state index contributed by atoms with van der Waals surface area (Å²) in [6.07, 6.45) is 3.70. The third-order valence-electron chi connectivity index (χ3n) is 9.01. The van der Waals surface area contributed by atoms with Crippen LogP contribution in [0.5, 0.6) is 0 Å². The largest absolute Gasteiger partial charge is 0.470 e. The highest BCUT2D eigenvalue weighted by molar-refractivity contribution is 7.46. The standard InChI is InChI=1S/C22H30FO8P/c1-12-8-16-15-5-4-13-9-14(24)6-7-19(13,2)21(15,23)17(25)10-20(16,3)22(12,27)18(26)11-31-32(28,29)30/h6-7,9,12,15-17,25,27H,4-5,8,10-11H2,1-3H3,(H2,28,29,30)/t12-,15?,16?,17+,19?,20?,21+,22+/m1/s1. The van der Waals surface area contributed by atoms with Crippen LogP contribution in [-0.2, 0) is 18.7 Å². The van der Waals surface area contributed by atoms with Gasteiger partial charge in [-0.1, -0.05) is 25.5 Å². The molecule has 0 aromatic rings. The molecule has 4 unspecified atom stereocenters. The smallest absolute Gasteiger partial charge is 0.390 e. The third kappa shape index (κ3) is 2.95. The number of ketones is 2. The summed E-state index contributed by atoms with van der Waals surface area (Å²) in [5.74, 6) is -2.87. The maximum Gasteiger partial charge on any atom is 0.470 e. The van der Waals surface area contributed by atoms with E-state index in [4.69, 9.17) is 9.79 Å². The second kappa shape index (κ2) is 7.14. The molecule has 0 aromatic heterocycles. The van der Waals surface area contributed by atoms with Gasteiger partial charge in [0.25, 0.3) is 0 Å². The molecular formula is C22H30FO8P. The number of Topliss-reactive ketones (excluding diaryl/α,β-unsaturated/α-hetero) is 1. The van der Waals surface area contributed by atoms with Gasteiger partial charge in [-0.15, -0.1) is 0 Å². The molecule has 0 saturated heterocycles. The zero-order chi connectivity index (χ0) is 23.9. The molecule has 3 saturated carbocycles. The fourth-order valence-electron chi connectivity index (χ4n) is 7.39. The van der Waals surface area contributed by atoms with Crippen LogP contribution in [0.25, 0.3) is 0 Å². The first-order valence-electron chi connectivity index (χ1n) is 10.9. The van der Waals surface area contributed by atoms with E-state index in [1.807, 2.05) is 0 Å². The highest BCUT2D eigenvalue weighted by Crippen LogP contribution is 2.70. The number of rotatable bonds is 4. The van der Waals surface area contributed by atoms with Crippen LogP contribution in [0, 0.1) is 28.6 Å². The molecular weight excluding hydrogens is 442 g/mol. The second-order valence-electron chi connectivity index (χ2n) is 10.4. The lowest BCUT2D eigenvalue weighted by atomic mass is 9.44. The first-order chi connectivity index (χ1) is 14.6. The lowest BCUT2D eigenvalue weighted by Crippen LogP contribution is -2.69. The van der Waals surface area contributed by atoms with Gasteiger partial charge in [-0.05, 0) is 56.6 Å². The lowest BCUT2D eigenvalue weighted by Gasteiger charge is -2.62. The first-order valence-corrected chi connectivity index (χ1v) is 12.4. The van der Waals surface area contributed by atoms with Crippen LogP contribution in [0.3, 0.4) is 0 Å². The van der Waals surface area contributed by atoms with Crippen molar-refractivity contribution in [2.75, 3.05) is 6.61 Å². The van der Waals surface area contributed by atoms with Gasteiger partial charge in [0, 0.05) is 16.7 Å². The highest BCUT2D eigenvalue weighted by Gasteiger charge is 2.75. The Morgan fingerprint density at radius 3 is 2.59 bits per heavy atom. The topological polar surface area (TPSA) is 141 Å². The number of aliphatic hydroxyl groups is 2. The monoisotopic (exact) mass is 472 g/mol. The molecule has 178 valence electrons. The summed E-state index contributed by atoms with van der Waals surface area (Å²) >= 11 is 0. The molecule has 0 aromatic carbocycles. The van der Waals surface area contributed by atoms with Crippen molar-refractivity contribution in [3.05, 3.63) is 23.8 Å². The first kappa shape index (κ1) is 23.9. The molecule has 4 aliphatic rings. The van der Waals surface area contributed by atoms with Gasteiger partial charge in [0.05, 0.1) is 6.10 Å². The maximum absolute atomic E-state index is 17.0. The summed E-state index contributed by atoms with van der Waals surface area (Å²) in [6, 6.07) is 0. The van der Waals surface area contributed by atoms with E-state index in [9.17, 15) is 24.4 Å². The van der Waals surface area contributed by atoms with Crippen molar-refractivity contribution < 1.29 is 43.1 Å². The minimum absolute atomic E-state index is 0.211. The van der Waals surface area contributed by atoms with Crippen LogP contribution >= 0.6 is 7.82 Å². The van der Waals surface area contributed by atoms with Crippen molar-refractivity contribution in [1.29, 1.82) is 0 Å². The Hall–Kier alpha value is -1.22. The van der Waals surface area contributed by atoms with Crippen molar-refractivity contribution in [2.45, 2.75) is 63.8 Å². The van der Waals surface area contributed by atoms with Crippen LogP contribution in [0.2, 0.25) is 0 Å². The molecule has 8 atom stereocenters. The Kier molecular flexibility index (Phi) is 5.34. The Morgan fingerprint density at radius 2 is 1.97 bits per heavy atom. The average molecular weight is 472 g/mol. The number of allylic oxidation sites excluding steroid dienone is 4. The number of carbonyl (C=O) groups is 2. The van der Waals surface area contributed by atoms with Crippen LogP contribution in [0.1, 0.15) is 46.5 Å². The van der Waals surface area contributed by atoms with Crippen LogP contribution in [0.4, 0.5) is 4.39 Å². The normalized spacial score (nSPS) is 48.0. The molecule has 8 nitrogen and oxygen atoms in total. The fourth-order valence-corrected chi connectivity index (χ4v) is 7.68. The zero-order valence-electron chi connectivity index (χ0n) is 18.3. The summed E-state index contributed by atoms with van der Waals surface area (Å²) in [7, 11) is -4.93. The highest BCUT2D eigenvalue weighted by atomic mass is 31.2. The molecule has 4 aliphatic carbocycles. The predicted octanol–water partition coefficient (Wildman–Crippen LogP) is 2.01.